The zero-order chi connectivity index (χ0) is 17.8. The van der Waals surface area contributed by atoms with Crippen LogP contribution in [0.3, 0.4) is 0 Å². The number of rotatable bonds is 5. The number of aliphatic hydroxyl groups excluding tert-OH is 1. The van der Waals surface area contributed by atoms with E-state index in [0.29, 0.717) is 5.56 Å². The molecule has 0 bridgehead atoms. The molecule has 5 heteroatoms. The van der Waals surface area contributed by atoms with E-state index in [1.54, 1.807) is 12.4 Å². The number of benzene rings is 1. The summed E-state index contributed by atoms with van der Waals surface area (Å²) in [5.74, 6) is -0.182. The van der Waals surface area contributed by atoms with Gasteiger partial charge in [0, 0.05) is 36.0 Å². The summed E-state index contributed by atoms with van der Waals surface area (Å²) >= 11 is 0. The van der Waals surface area contributed by atoms with Crippen LogP contribution in [0.4, 0.5) is 0 Å². The largest absolute Gasteiger partial charge is 0.396 e. The maximum absolute atomic E-state index is 12.8. The number of para-hydroxylation sites is 1. The molecule has 2 N–H and O–H groups in total. The predicted octanol–water partition coefficient (Wildman–Crippen LogP) is 3.04. The van der Waals surface area contributed by atoms with E-state index in [1.165, 1.54) is 0 Å². The van der Waals surface area contributed by atoms with Crippen molar-refractivity contribution in [3.8, 4) is 11.3 Å². The molecule has 3 rings (SSSR count). The summed E-state index contributed by atoms with van der Waals surface area (Å²) in [6.45, 7) is 3.82. The number of nitrogens with zero attached hydrogens (tertiary/aromatic N) is 2. The van der Waals surface area contributed by atoms with Crippen LogP contribution in [0.1, 0.15) is 24.2 Å². The smallest absolute Gasteiger partial charge is 0.252 e. The van der Waals surface area contributed by atoms with Crippen LogP contribution in [0.15, 0.2) is 54.9 Å². The van der Waals surface area contributed by atoms with Crippen LogP contribution in [0.2, 0.25) is 0 Å². The number of hydrogen-bond donors (Lipinski definition) is 2. The molecule has 3 aromatic rings. The quantitative estimate of drug-likeness (QED) is 0.751. The molecule has 5 nitrogen and oxygen atoms in total. The van der Waals surface area contributed by atoms with E-state index < -0.39 is 0 Å². The van der Waals surface area contributed by atoms with E-state index in [0.717, 1.165) is 22.2 Å². The summed E-state index contributed by atoms with van der Waals surface area (Å²) < 4.78 is 0. The molecule has 0 aliphatic rings. The first kappa shape index (κ1) is 17.0. The van der Waals surface area contributed by atoms with Crippen LogP contribution in [-0.4, -0.2) is 33.6 Å². The molecule has 0 spiro atoms. The summed E-state index contributed by atoms with van der Waals surface area (Å²) in [4.78, 5) is 21.5. The standard InChI is InChI=1S/C20H21N3O2/c1-13(12-24)14(2)22-20(25)17-11-19(15-7-9-21-10-8-15)23-18-6-4-3-5-16(17)18/h3-11,13-14,24H,12H2,1-2H3,(H,22,25). The average molecular weight is 335 g/mol. The molecule has 25 heavy (non-hydrogen) atoms. The third-order valence-corrected chi connectivity index (χ3v) is 4.44. The van der Waals surface area contributed by atoms with E-state index in [1.807, 2.05) is 56.3 Å². The number of hydrogen-bond acceptors (Lipinski definition) is 4. The second-order valence-corrected chi connectivity index (χ2v) is 6.23. The number of amides is 1. The highest BCUT2D eigenvalue weighted by molar-refractivity contribution is 6.07. The number of pyridine rings is 2. The minimum Gasteiger partial charge on any atom is -0.396 e. The Morgan fingerprint density at radius 1 is 1.16 bits per heavy atom. The summed E-state index contributed by atoms with van der Waals surface area (Å²) in [6.07, 6.45) is 3.41. The fourth-order valence-electron chi connectivity index (χ4n) is 2.62. The van der Waals surface area contributed by atoms with Crippen LogP contribution >= 0.6 is 0 Å². The number of carbonyl (C=O) groups excluding carboxylic acids is 1. The molecule has 2 aromatic heterocycles. The van der Waals surface area contributed by atoms with Gasteiger partial charge in [-0.25, -0.2) is 4.98 Å². The Balaban J connectivity index is 2.05. The van der Waals surface area contributed by atoms with Crippen molar-refractivity contribution in [3.63, 3.8) is 0 Å². The zero-order valence-electron chi connectivity index (χ0n) is 14.3. The highest BCUT2D eigenvalue weighted by Crippen LogP contribution is 2.24. The lowest BCUT2D eigenvalue weighted by Gasteiger charge is -2.20. The van der Waals surface area contributed by atoms with Gasteiger partial charge in [0.1, 0.15) is 0 Å². The van der Waals surface area contributed by atoms with Gasteiger partial charge in [-0.05, 0) is 37.1 Å². The number of aromatic nitrogens is 2. The third-order valence-electron chi connectivity index (χ3n) is 4.44. The fourth-order valence-corrected chi connectivity index (χ4v) is 2.62. The lowest BCUT2D eigenvalue weighted by atomic mass is 10.0. The Hall–Kier alpha value is -2.79. The maximum Gasteiger partial charge on any atom is 0.252 e. The van der Waals surface area contributed by atoms with E-state index >= 15 is 0 Å². The second kappa shape index (κ2) is 7.40. The van der Waals surface area contributed by atoms with Gasteiger partial charge in [0.15, 0.2) is 0 Å². The van der Waals surface area contributed by atoms with Crippen LogP contribution in [0.5, 0.6) is 0 Å². The summed E-state index contributed by atoms with van der Waals surface area (Å²) in [6, 6.07) is 13.0. The molecular formula is C20H21N3O2. The number of carbonyl (C=O) groups is 1. The monoisotopic (exact) mass is 335 g/mol. The molecule has 1 amide bonds. The summed E-state index contributed by atoms with van der Waals surface area (Å²) in [5, 5.41) is 13.1. The Morgan fingerprint density at radius 2 is 1.88 bits per heavy atom. The Labute approximate surface area is 146 Å². The first-order valence-electron chi connectivity index (χ1n) is 8.32. The lowest BCUT2D eigenvalue weighted by Crippen LogP contribution is -2.38. The Bertz CT molecular complexity index is 881. The van der Waals surface area contributed by atoms with Gasteiger partial charge in [0.05, 0.1) is 16.8 Å². The molecule has 0 saturated carbocycles. The van der Waals surface area contributed by atoms with Crippen molar-refractivity contribution >= 4 is 16.8 Å². The van der Waals surface area contributed by atoms with Crippen molar-refractivity contribution in [2.75, 3.05) is 6.61 Å². The molecule has 2 atom stereocenters. The molecular weight excluding hydrogens is 314 g/mol. The van der Waals surface area contributed by atoms with Gasteiger partial charge in [-0.15, -0.1) is 0 Å². The van der Waals surface area contributed by atoms with Gasteiger partial charge in [-0.2, -0.15) is 0 Å². The minimum absolute atomic E-state index is 0.0169. The van der Waals surface area contributed by atoms with Crippen molar-refractivity contribution in [2.45, 2.75) is 19.9 Å². The normalized spacial score (nSPS) is 13.4. The van der Waals surface area contributed by atoms with Gasteiger partial charge < -0.3 is 10.4 Å². The van der Waals surface area contributed by atoms with Gasteiger partial charge in [-0.3, -0.25) is 9.78 Å². The molecule has 128 valence electrons. The Morgan fingerprint density at radius 3 is 2.60 bits per heavy atom. The van der Waals surface area contributed by atoms with Crippen molar-refractivity contribution < 1.29 is 9.90 Å². The lowest BCUT2D eigenvalue weighted by molar-refractivity contribution is 0.0918. The third kappa shape index (κ3) is 3.67. The van der Waals surface area contributed by atoms with Crippen molar-refractivity contribution in [3.05, 3.63) is 60.4 Å². The van der Waals surface area contributed by atoms with Gasteiger partial charge in [0.25, 0.3) is 5.91 Å². The summed E-state index contributed by atoms with van der Waals surface area (Å²) in [7, 11) is 0. The first-order valence-corrected chi connectivity index (χ1v) is 8.32. The molecule has 0 radical (unpaired) electrons. The van der Waals surface area contributed by atoms with Crippen LogP contribution < -0.4 is 5.32 Å². The van der Waals surface area contributed by atoms with Crippen LogP contribution in [0, 0.1) is 5.92 Å². The second-order valence-electron chi connectivity index (χ2n) is 6.23. The van der Waals surface area contributed by atoms with Gasteiger partial charge in [-0.1, -0.05) is 25.1 Å². The molecule has 0 aliphatic heterocycles. The topological polar surface area (TPSA) is 75.1 Å². The van der Waals surface area contributed by atoms with Gasteiger partial charge >= 0.3 is 0 Å². The highest BCUT2D eigenvalue weighted by atomic mass is 16.3. The van der Waals surface area contributed by atoms with Crippen molar-refractivity contribution in [1.82, 2.24) is 15.3 Å². The predicted molar refractivity (Wildman–Crippen MR) is 98.2 cm³/mol. The molecule has 0 fully saturated rings. The minimum atomic E-state index is -0.165. The molecule has 2 heterocycles. The number of nitrogens with one attached hydrogen (secondary N) is 1. The van der Waals surface area contributed by atoms with E-state index in [-0.39, 0.29) is 24.5 Å². The SMILES string of the molecule is CC(CO)C(C)NC(=O)c1cc(-c2ccncc2)nc2ccccc12. The highest BCUT2D eigenvalue weighted by Gasteiger charge is 2.18. The maximum atomic E-state index is 12.8. The van der Waals surface area contributed by atoms with E-state index in [4.69, 9.17) is 0 Å². The van der Waals surface area contributed by atoms with Gasteiger partial charge in [0.2, 0.25) is 0 Å². The first-order chi connectivity index (χ1) is 12.1. The van der Waals surface area contributed by atoms with E-state index in [9.17, 15) is 9.90 Å². The average Bonchev–Trinajstić information content (AvgIpc) is 2.66. The Kier molecular flexibility index (Phi) is 5.05. The number of aliphatic hydroxyl groups is 1. The molecule has 2 unspecified atom stereocenters. The van der Waals surface area contributed by atoms with Crippen LogP contribution in [-0.2, 0) is 0 Å². The zero-order valence-corrected chi connectivity index (χ0v) is 14.3. The van der Waals surface area contributed by atoms with Crippen molar-refractivity contribution in [2.24, 2.45) is 5.92 Å². The molecule has 0 saturated heterocycles. The number of fused-ring (bicyclic) bond motifs is 1. The van der Waals surface area contributed by atoms with Crippen LogP contribution in [0.25, 0.3) is 22.2 Å². The fraction of sp³-hybridized carbons (Fsp3) is 0.250. The van der Waals surface area contributed by atoms with Crippen molar-refractivity contribution in [1.29, 1.82) is 0 Å². The molecule has 1 aromatic carbocycles. The summed E-state index contributed by atoms with van der Waals surface area (Å²) in [5.41, 5.74) is 2.99. The van der Waals surface area contributed by atoms with E-state index in [2.05, 4.69) is 15.3 Å². The molecule has 0 aliphatic carbocycles.